The standard InChI is InChI=1S/C22H18BrCl2NO4/c1-29-20-9-14(11-26-19-10-15(22(27)28)5-6-18(19)25)8-17(23)21(20)30-12-13-3-2-4-16(24)7-13/h2-10,26H,11-12H2,1H3,(H,27,28). The summed E-state index contributed by atoms with van der Waals surface area (Å²) in [6.07, 6.45) is 0. The number of ether oxygens (including phenoxy) is 2. The highest BCUT2D eigenvalue weighted by Crippen LogP contribution is 2.37. The summed E-state index contributed by atoms with van der Waals surface area (Å²) in [6.45, 7) is 0.747. The average Bonchev–Trinajstić information content (AvgIpc) is 2.71. The van der Waals surface area contributed by atoms with Crippen LogP contribution in [-0.2, 0) is 13.2 Å². The van der Waals surface area contributed by atoms with Crippen LogP contribution < -0.4 is 14.8 Å². The van der Waals surface area contributed by atoms with Crippen molar-refractivity contribution in [3.05, 3.63) is 85.8 Å². The first-order valence-corrected chi connectivity index (χ1v) is 10.4. The van der Waals surface area contributed by atoms with Crippen LogP contribution in [0.5, 0.6) is 11.5 Å². The largest absolute Gasteiger partial charge is 0.493 e. The van der Waals surface area contributed by atoms with Crippen LogP contribution in [0.1, 0.15) is 21.5 Å². The Morgan fingerprint density at radius 3 is 2.60 bits per heavy atom. The quantitative estimate of drug-likeness (QED) is 0.355. The maximum Gasteiger partial charge on any atom is 0.335 e. The molecule has 0 aliphatic rings. The molecule has 0 saturated carbocycles. The van der Waals surface area contributed by atoms with E-state index in [-0.39, 0.29) is 5.56 Å². The first kappa shape index (κ1) is 22.3. The monoisotopic (exact) mass is 509 g/mol. The first-order chi connectivity index (χ1) is 14.4. The lowest BCUT2D eigenvalue weighted by atomic mass is 10.1. The number of rotatable bonds is 8. The second-order valence-electron chi connectivity index (χ2n) is 6.38. The third-order valence-corrected chi connectivity index (χ3v) is 5.41. The molecule has 3 rings (SSSR count). The van der Waals surface area contributed by atoms with Gasteiger partial charge in [0.2, 0.25) is 0 Å². The molecule has 0 unspecified atom stereocenters. The van der Waals surface area contributed by atoms with Crippen molar-refractivity contribution < 1.29 is 19.4 Å². The van der Waals surface area contributed by atoms with Gasteiger partial charge in [0.05, 0.1) is 27.9 Å². The molecule has 0 aliphatic heterocycles. The lowest BCUT2D eigenvalue weighted by Crippen LogP contribution is -2.04. The molecule has 0 saturated heterocycles. The molecule has 5 nitrogen and oxygen atoms in total. The topological polar surface area (TPSA) is 67.8 Å². The van der Waals surface area contributed by atoms with Gasteiger partial charge in [0.15, 0.2) is 11.5 Å². The fraction of sp³-hybridized carbons (Fsp3) is 0.136. The minimum Gasteiger partial charge on any atom is -0.493 e. The molecule has 0 aliphatic carbocycles. The minimum atomic E-state index is -1.01. The fourth-order valence-electron chi connectivity index (χ4n) is 2.79. The van der Waals surface area contributed by atoms with Gasteiger partial charge in [-0.2, -0.15) is 0 Å². The molecule has 0 radical (unpaired) electrons. The number of anilines is 1. The molecular formula is C22H18BrCl2NO4. The van der Waals surface area contributed by atoms with Crippen molar-refractivity contribution in [2.45, 2.75) is 13.2 Å². The lowest BCUT2D eigenvalue weighted by molar-refractivity contribution is 0.0697. The maximum atomic E-state index is 11.2. The molecule has 3 aromatic carbocycles. The van der Waals surface area contributed by atoms with Gasteiger partial charge >= 0.3 is 5.97 Å². The van der Waals surface area contributed by atoms with Gasteiger partial charge in [-0.3, -0.25) is 0 Å². The average molecular weight is 511 g/mol. The van der Waals surface area contributed by atoms with E-state index >= 15 is 0 Å². The van der Waals surface area contributed by atoms with Crippen molar-refractivity contribution in [1.29, 1.82) is 0 Å². The summed E-state index contributed by atoms with van der Waals surface area (Å²) in [7, 11) is 1.57. The summed E-state index contributed by atoms with van der Waals surface area (Å²) >= 11 is 15.7. The number of hydrogen-bond donors (Lipinski definition) is 2. The zero-order chi connectivity index (χ0) is 21.7. The van der Waals surface area contributed by atoms with E-state index in [1.807, 2.05) is 36.4 Å². The second-order valence-corrected chi connectivity index (χ2v) is 8.08. The van der Waals surface area contributed by atoms with Crippen molar-refractivity contribution >= 4 is 50.8 Å². The highest BCUT2D eigenvalue weighted by atomic mass is 79.9. The van der Waals surface area contributed by atoms with Gasteiger partial charge in [0, 0.05) is 11.6 Å². The van der Waals surface area contributed by atoms with Gasteiger partial charge in [-0.25, -0.2) is 4.79 Å². The van der Waals surface area contributed by atoms with Crippen LogP contribution in [-0.4, -0.2) is 18.2 Å². The molecule has 0 spiro atoms. The molecule has 3 aromatic rings. The Balaban J connectivity index is 1.75. The normalized spacial score (nSPS) is 10.5. The van der Waals surface area contributed by atoms with Crippen LogP contribution in [0.4, 0.5) is 5.69 Å². The van der Waals surface area contributed by atoms with Crippen LogP contribution in [0.15, 0.2) is 59.1 Å². The second kappa shape index (κ2) is 10.1. The van der Waals surface area contributed by atoms with Crippen LogP contribution in [0, 0.1) is 0 Å². The molecule has 0 aromatic heterocycles. The van der Waals surface area contributed by atoms with Crippen molar-refractivity contribution in [1.82, 2.24) is 0 Å². The summed E-state index contributed by atoms with van der Waals surface area (Å²) in [5, 5.41) is 13.4. The molecule has 156 valence electrons. The van der Waals surface area contributed by atoms with E-state index in [2.05, 4.69) is 21.2 Å². The fourth-order valence-corrected chi connectivity index (χ4v) is 3.79. The molecule has 2 N–H and O–H groups in total. The highest BCUT2D eigenvalue weighted by molar-refractivity contribution is 9.10. The van der Waals surface area contributed by atoms with Gasteiger partial charge in [0.1, 0.15) is 6.61 Å². The van der Waals surface area contributed by atoms with Gasteiger partial charge in [-0.15, -0.1) is 0 Å². The van der Waals surface area contributed by atoms with Crippen LogP contribution >= 0.6 is 39.1 Å². The van der Waals surface area contributed by atoms with E-state index in [9.17, 15) is 4.79 Å². The number of aromatic carboxylic acids is 1. The molecule has 0 heterocycles. The minimum absolute atomic E-state index is 0.158. The van der Waals surface area contributed by atoms with E-state index in [1.54, 1.807) is 13.2 Å². The number of hydrogen-bond acceptors (Lipinski definition) is 4. The van der Waals surface area contributed by atoms with Crippen molar-refractivity contribution in [2.75, 3.05) is 12.4 Å². The van der Waals surface area contributed by atoms with E-state index in [4.69, 9.17) is 37.8 Å². The Labute approximate surface area is 192 Å². The number of benzene rings is 3. The summed E-state index contributed by atoms with van der Waals surface area (Å²) in [6, 6.07) is 15.7. The number of methoxy groups -OCH3 is 1. The number of carboxylic acids is 1. The zero-order valence-electron chi connectivity index (χ0n) is 15.9. The summed E-state index contributed by atoms with van der Waals surface area (Å²) in [5.41, 5.74) is 2.53. The first-order valence-electron chi connectivity index (χ1n) is 8.87. The van der Waals surface area contributed by atoms with Crippen molar-refractivity contribution in [3.8, 4) is 11.5 Å². The summed E-state index contributed by atoms with van der Waals surface area (Å²) in [4.78, 5) is 11.2. The maximum absolute atomic E-state index is 11.2. The molecule has 0 atom stereocenters. The zero-order valence-corrected chi connectivity index (χ0v) is 19.0. The molecule has 0 fully saturated rings. The predicted molar refractivity (Wildman–Crippen MR) is 122 cm³/mol. The molecule has 8 heteroatoms. The number of carbonyl (C=O) groups is 1. The van der Waals surface area contributed by atoms with Crippen molar-refractivity contribution in [2.24, 2.45) is 0 Å². The van der Waals surface area contributed by atoms with Gasteiger partial charge < -0.3 is 19.9 Å². The van der Waals surface area contributed by atoms with Gasteiger partial charge in [-0.1, -0.05) is 35.3 Å². The lowest BCUT2D eigenvalue weighted by Gasteiger charge is -2.16. The SMILES string of the molecule is COc1cc(CNc2cc(C(=O)O)ccc2Cl)cc(Br)c1OCc1cccc(Cl)c1. The Bertz CT molecular complexity index is 1070. The van der Waals surface area contributed by atoms with Gasteiger partial charge in [0.25, 0.3) is 0 Å². The molecule has 30 heavy (non-hydrogen) atoms. The smallest absolute Gasteiger partial charge is 0.335 e. The van der Waals surface area contributed by atoms with Crippen LogP contribution in [0.3, 0.4) is 0 Å². The Morgan fingerprint density at radius 1 is 1.10 bits per heavy atom. The third-order valence-electron chi connectivity index (χ3n) is 4.26. The van der Waals surface area contributed by atoms with Gasteiger partial charge in [-0.05, 0) is 69.5 Å². The predicted octanol–water partition coefficient (Wildman–Crippen LogP) is 6.65. The van der Waals surface area contributed by atoms with Crippen LogP contribution in [0.2, 0.25) is 10.0 Å². The van der Waals surface area contributed by atoms with E-state index in [0.717, 1.165) is 15.6 Å². The Hall–Kier alpha value is -2.41. The number of carboxylic acid groups (broad SMARTS) is 1. The Morgan fingerprint density at radius 2 is 1.90 bits per heavy atom. The number of halogens is 3. The summed E-state index contributed by atoms with van der Waals surface area (Å²) in [5.74, 6) is 0.126. The highest BCUT2D eigenvalue weighted by Gasteiger charge is 2.13. The molecule has 0 bridgehead atoms. The molecular weight excluding hydrogens is 493 g/mol. The van der Waals surface area contributed by atoms with Crippen molar-refractivity contribution in [3.63, 3.8) is 0 Å². The third kappa shape index (κ3) is 5.59. The summed E-state index contributed by atoms with van der Waals surface area (Å²) < 4.78 is 12.2. The molecule has 0 amide bonds. The van der Waals surface area contributed by atoms with Crippen LogP contribution in [0.25, 0.3) is 0 Å². The van der Waals surface area contributed by atoms with E-state index in [1.165, 1.54) is 12.1 Å². The van der Waals surface area contributed by atoms with E-state index in [0.29, 0.717) is 40.4 Å². The number of nitrogens with one attached hydrogen (secondary N) is 1. The van der Waals surface area contributed by atoms with E-state index < -0.39 is 5.97 Å². The Kier molecular flexibility index (Phi) is 7.48.